The number of ether oxygens (including phenoxy) is 5. The van der Waals surface area contributed by atoms with Gasteiger partial charge in [0.2, 0.25) is 0 Å². The fourth-order valence-corrected chi connectivity index (χ4v) is 4.61. The fraction of sp³-hybridized carbons (Fsp3) is 0.273. The molecule has 1 aliphatic rings. The van der Waals surface area contributed by atoms with Crippen molar-refractivity contribution in [2.75, 3.05) is 27.4 Å². The van der Waals surface area contributed by atoms with E-state index in [2.05, 4.69) is 27.2 Å². The summed E-state index contributed by atoms with van der Waals surface area (Å²) < 4.78 is 27.7. The molecule has 3 N–H and O–H groups in total. The van der Waals surface area contributed by atoms with E-state index < -0.39 is 23.9 Å². The molecule has 0 saturated heterocycles. The Labute approximate surface area is 261 Å². The fourth-order valence-electron chi connectivity index (χ4n) is 4.61. The van der Waals surface area contributed by atoms with Crippen molar-refractivity contribution in [3.8, 4) is 23.0 Å². The molecule has 1 aliphatic heterocycles. The molecule has 236 valence electrons. The SMILES string of the molecule is CCOC(=O)C1=C(C)NC(=O)N[C@H]1c1ccc(OCC(=O)N/N=C\c2ccc(OCc3cccc(C)c3)c(OC)c2)c(OC)c1. The van der Waals surface area contributed by atoms with Gasteiger partial charge in [-0.2, -0.15) is 5.10 Å². The zero-order chi connectivity index (χ0) is 32.3. The molecule has 12 heteroatoms. The second kappa shape index (κ2) is 15.3. The van der Waals surface area contributed by atoms with Gasteiger partial charge in [-0.25, -0.2) is 15.0 Å². The standard InChI is InChI=1S/C33H36N4O8/c1-6-43-32(39)30-21(3)35-33(40)36-31(30)24-11-13-26(28(16-24)42-5)45-19-29(38)37-34-17-22-10-12-25(27(15-22)41-4)44-18-23-9-7-8-20(2)14-23/h7-17,31H,6,18-19H2,1-5H3,(H,37,38)(H2,35,36,40)/b34-17-/t31-/m0/s1. The molecular formula is C33H36N4O8. The first kappa shape index (κ1) is 32.4. The molecule has 0 radical (unpaired) electrons. The molecule has 3 aromatic rings. The zero-order valence-corrected chi connectivity index (χ0v) is 25.8. The first-order chi connectivity index (χ1) is 21.7. The van der Waals surface area contributed by atoms with Crippen LogP contribution in [-0.2, 0) is 20.9 Å². The number of aryl methyl sites for hydroxylation is 1. The first-order valence-electron chi connectivity index (χ1n) is 14.2. The summed E-state index contributed by atoms with van der Waals surface area (Å²) >= 11 is 0. The minimum Gasteiger partial charge on any atom is -0.493 e. The van der Waals surface area contributed by atoms with Crippen LogP contribution in [0.25, 0.3) is 0 Å². The van der Waals surface area contributed by atoms with E-state index in [1.807, 2.05) is 25.1 Å². The Morgan fingerprint density at radius 2 is 1.67 bits per heavy atom. The number of rotatable bonds is 13. The van der Waals surface area contributed by atoms with Gasteiger partial charge in [0, 0.05) is 5.70 Å². The third-order valence-corrected chi connectivity index (χ3v) is 6.71. The lowest BCUT2D eigenvalue weighted by atomic mass is 9.95. The Kier molecular flexibility index (Phi) is 11.0. The van der Waals surface area contributed by atoms with Crippen LogP contribution in [0.4, 0.5) is 4.79 Å². The number of hydrogen-bond acceptors (Lipinski definition) is 9. The number of amides is 3. The molecule has 0 unspecified atom stereocenters. The number of nitrogens with one attached hydrogen (secondary N) is 3. The lowest BCUT2D eigenvalue weighted by molar-refractivity contribution is -0.139. The van der Waals surface area contributed by atoms with Crippen LogP contribution in [0.5, 0.6) is 23.0 Å². The van der Waals surface area contributed by atoms with E-state index in [1.165, 1.54) is 13.3 Å². The van der Waals surface area contributed by atoms with Crippen LogP contribution in [0.3, 0.4) is 0 Å². The summed E-state index contributed by atoms with van der Waals surface area (Å²) in [5.74, 6) is 0.639. The van der Waals surface area contributed by atoms with Crippen LogP contribution >= 0.6 is 0 Å². The third kappa shape index (κ3) is 8.53. The lowest BCUT2D eigenvalue weighted by Crippen LogP contribution is -2.45. The van der Waals surface area contributed by atoms with Gasteiger partial charge >= 0.3 is 12.0 Å². The zero-order valence-electron chi connectivity index (χ0n) is 25.8. The topological polar surface area (TPSA) is 146 Å². The molecule has 3 amide bonds. The normalized spacial score (nSPS) is 14.3. The maximum Gasteiger partial charge on any atom is 0.338 e. The van der Waals surface area contributed by atoms with Crippen molar-refractivity contribution in [2.45, 2.75) is 33.4 Å². The number of carbonyl (C=O) groups excluding carboxylic acids is 3. The van der Waals surface area contributed by atoms with Crippen LogP contribution in [-0.4, -0.2) is 51.6 Å². The second-order valence-corrected chi connectivity index (χ2v) is 9.97. The monoisotopic (exact) mass is 616 g/mol. The van der Waals surface area contributed by atoms with Crippen LogP contribution in [0.15, 0.2) is 77.0 Å². The Bertz CT molecular complexity index is 1620. The summed E-state index contributed by atoms with van der Waals surface area (Å²) in [7, 11) is 2.99. The number of nitrogens with zero attached hydrogens (tertiary/aromatic N) is 1. The number of esters is 1. The smallest absolute Gasteiger partial charge is 0.338 e. The highest BCUT2D eigenvalue weighted by atomic mass is 16.5. The number of carbonyl (C=O) groups is 3. The van der Waals surface area contributed by atoms with Crippen LogP contribution in [0.2, 0.25) is 0 Å². The third-order valence-electron chi connectivity index (χ3n) is 6.71. The van der Waals surface area contributed by atoms with Crippen LogP contribution in [0, 0.1) is 6.92 Å². The molecular weight excluding hydrogens is 580 g/mol. The number of allylic oxidation sites excluding steroid dienone is 1. The summed E-state index contributed by atoms with van der Waals surface area (Å²) in [6.45, 7) is 5.59. The molecule has 1 heterocycles. The van der Waals surface area contributed by atoms with Gasteiger partial charge in [-0.3, -0.25) is 4.79 Å². The van der Waals surface area contributed by atoms with E-state index in [0.717, 1.165) is 11.1 Å². The van der Waals surface area contributed by atoms with E-state index in [-0.39, 0.29) is 24.5 Å². The molecule has 4 rings (SSSR count). The quantitative estimate of drug-likeness (QED) is 0.146. The minimum atomic E-state index is -0.772. The van der Waals surface area contributed by atoms with Crippen LogP contribution < -0.4 is 35.0 Å². The summed E-state index contributed by atoms with van der Waals surface area (Å²) in [4.78, 5) is 37.2. The molecule has 0 aromatic heterocycles. The van der Waals surface area contributed by atoms with Gasteiger partial charge in [-0.05, 0) is 67.8 Å². The van der Waals surface area contributed by atoms with Gasteiger partial charge in [0.1, 0.15) is 6.61 Å². The van der Waals surface area contributed by atoms with E-state index >= 15 is 0 Å². The number of methoxy groups -OCH3 is 2. The Morgan fingerprint density at radius 3 is 2.40 bits per heavy atom. The molecule has 12 nitrogen and oxygen atoms in total. The van der Waals surface area contributed by atoms with Gasteiger partial charge < -0.3 is 34.3 Å². The maximum absolute atomic E-state index is 12.6. The molecule has 3 aromatic carbocycles. The average Bonchev–Trinajstić information content (AvgIpc) is 3.02. The van der Waals surface area contributed by atoms with Crippen molar-refractivity contribution in [2.24, 2.45) is 5.10 Å². The number of hydrogen-bond donors (Lipinski definition) is 3. The Balaban J connectivity index is 1.35. The number of urea groups is 1. The number of hydrazone groups is 1. The summed E-state index contributed by atoms with van der Waals surface area (Å²) in [6.07, 6.45) is 1.48. The molecule has 0 bridgehead atoms. The molecule has 1 atom stereocenters. The molecule has 45 heavy (non-hydrogen) atoms. The summed E-state index contributed by atoms with van der Waals surface area (Å²) in [6, 6.07) is 17.0. The van der Waals surface area contributed by atoms with Gasteiger partial charge in [0.15, 0.2) is 29.6 Å². The van der Waals surface area contributed by atoms with E-state index in [9.17, 15) is 14.4 Å². The van der Waals surface area contributed by atoms with Crippen molar-refractivity contribution >= 4 is 24.1 Å². The second-order valence-electron chi connectivity index (χ2n) is 9.97. The largest absolute Gasteiger partial charge is 0.493 e. The molecule has 0 aliphatic carbocycles. The maximum atomic E-state index is 12.6. The van der Waals surface area contributed by atoms with Crippen molar-refractivity contribution in [3.05, 3.63) is 94.2 Å². The first-order valence-corrected chi connectivity index (χ1v) is 14.2. The van der Waals surface area contributed by atoms with Crippen molar-refractivity contribution in [1.82, 2.24) is 16.1 Å². The highest BCUT2D eigenvalue weighted by Gasteiger charge is 2.32. The van der Waals surface area contributed by atoms with Crippen molar-refractivity contribution in [3.63, 3.8) is 0 Å². The predicted octanol–water partition coefficient (Wildman–Crippen LogP) is 4.31. The average molecular weight is 617 g/mol. The van der Waals surface area contributed by atoms with E-state index in [0.29, 0.717) is 40.7 Å². The highest BCUT2D eigenvalue weighted by molar-refractivity contribution is 5.95. The predicted molar refractivity (Wildman–Crippen MR) is 166 cm³/mol. The lowest BCUT2D eigenvalue weighted by Gasteiger charge is -2.28. The summed E-state index contributed by atoms with van der Waals surface area (Å²) in [5, 5.41) is 9.34. The van der Waals surface area contributed by atoms with Gasteiger partial charge in [0.05, 0.1) is 38.7 Å². The van der Waals surface area contributed by atoms with Gasteiger partial charge in [-0.1, -0.05) is 35.9 Å². The number of benzene rings is 3. The van der Waals surface area contributed by atoms with Crippen molar-refractivity contribution < 1.29 is 38.1 Å². The molecule has 0 saturated carbocycles. The minimum absolute atomic E-state index is 0.183. The molecule has 0 fully saturated rings. The van der Waals surface area contributed by atoms with E-state index in [1.54, 1.807) is 57.4 Å². The van der Waals surface area contributed by atoms with Crippen LogP contribution in [0.1, 0.15) is 42.1 Å². The highest BCUT2D eigenvalue weighted by Crippen LogP contribution is 2.34. The Hall–Kier alpha value is -5.52. The Morgan fingerprint density at radius 1 is 0.933 bits per heavy atom. The molecule has 0 spiro atoms. The summed E-state index contributed by atoms with van der Waals surface area (Å²) in [5.41, 5.74) is 6.53. The van der Waals surface area contributed by atoms with Gasteiger partial charge in [-0.15, -0.1) is 0 Å². The van der Waals surface area contributed by atoms with Gasteiger partial charge in [0.25, 0.3) is 5.91 Å². The van der Waals surface area contributed by atoms with E-state index in [4.69, 9.17) is 23.7 Å². The van der Waals surface area contributed by atoms with Crippen molar-refractivity contribution in [1.29, 1.82) is 0 Å².